The van der Waals surface area contributed by atoms with Crippen molar-refractivity contribution < 1.29 is 19.9 Å². The van der Waals surface area contributed by atoms with Crippen LogP contribution in [0.2, 0.25) is 0 Å². The molecule has 0 aliphatic carbocycles. The van der Waals surface area contributed by atoms with Crippen LogP contribution in [0.1, 0.15) is 32.6 Å². The highest BCUT2D eigenvalue weighted by Crippen LogP contribution is 2.32. The number of carbonyl (C=O) groups is 1. The van der Waals surface area contributed by atoms with Gasteiger partial charge in [-0.2, -0.15) is 0 Å². The Hall–Kier alpha value is -3.48. The summed E-state index contributed by atoms with van der Waals surface area (Å²) in [5.41, 5.74) is 4.21. The largest absolute Gasteiger partial charge is 0.501 e. The minimum atomic E-state index is -0.832. The van der Waals surface area contributed by atoms with Crippen molar-refractivity contribution >= 4 is 22.6 Å². The number of pyridine rings is 1. The van der Waals surface area contributed by atoms with Crippen molar-refractivity contribution in [3.8, 4) is 5.75 Å². The highest BCUT2D eigenvalue weighted by Gasteiger charge is 2.16. The molecule has 3 rings (SSSR count). The number of phenolic OH excluding ortho intramolecular Hbond substituents is 1. The molecule has 1 aromatic heterocycles. The van der Waals surface area contributed by atoms with E-state index in [2.05, 4.69) is 4.98 Å². The van der Waals surface area contributed by atoms with Gasteiger partial charge in [-0.05, 0) is 62.1 Å². The first kappa shape index (κ1) is 19.8. The molecule has 140 valence electrons. The zero-order valence-electron chi connectivity index (χ0n) is 15.5. The van der Waals surface area contributed by atoms with E-state index >= 15 is 0 Å². The topological polar surface area (TPSA) is 114 Å². The summed E-state index contributed by atoms with van der Waals surface area (Å²) in [5.74, 6) is -1.21. The number of phenols is 1. The Balaban J connectivity index is 0.000000194. The summed E-state index contributed by atoms with van der Waals surface area (Å²) in [6.07, 6.45) is 1.48. The summed E-state index contributed by atoms with van der Waals surface area (Å²) >= 11 is 0. The van der Waals surface area contributed by atoms with Crippen molar-refractivity contribution in [3.05, 3.63) is 74.5 Å². The molecule has 0 atom stereocenters. The summed E-state index contributed by atoms with van der Waals surface area (Å²) in [5, 5.41) is 29.7. The summed E-state index contributed by atoms with van der Waals surface area (Å²) < 4.78 is 0. The second kappa shape index (κ2) is 7.82. The van der Waals surface area contributed by atoms with Gasteiger partial charge in [0.1, 0.15) is 5.52 Å². The lowest BCUT2D eigenvalue weighted by atomic mass is 9.94. The minimum Gasteiger partial charge on any atom is -0.501 e. The first-order valence-corrected chi connectivity index (χ1v) is 8.17. The predicted molar refractivity (Wildman–Crippen MR) is 102 cm³/mol. The van der Waals surface area contributed by atoms with Gasteiger partial charge in [-0.1, -0.05) is 12.1 Å². The maximum Gasteiger partial charge on any atom is 0.336 e. The Morgan fingerprint density at radius 1 is 1.07 bits per heavy atom. The van der Waals surface area contributed by atoms with Gasteiger partial charge in [0.25, 0.3) is 0 Å². The number of nitrogens with zero attached hydrogens (tertiary/aromatic N) is 2. The number of fused-ring (bicyclic) bond motifs is 1. The van der Waals surface area contributed by atoms with E-state index in [1.807, 2.05) is 33.8 Å². The Bertz CT molecular complexity index is 1020. The van der Waals surface area contributed by atoms with Crippen LogP contribution in [0.4, 0.5) is 5.69 Å². The number of hydrogen-bond donors (Lipinski definition) is 2. The molecule has 1 heterocycles. The molecule has 0 aliphatic rings. The van der Waals surface area contributed by atoms with Gasteiger partial charge in [0.15, 0.2) is 0 Å². The summed E-state index contributed by atoms with van der Waals surface area (Å²) in [6, 6.07) is 8.27. The lowest BCUT2D eigenvalue weighted by Gasteiger charge is -2.11. The van der Waals surface area contributed by atoms with Crippen molar-refractivity contribution in [2.75, 3.05) is 0 Å². The van der Waals surface area contributed by atoms with Crippen LogP contribution in [0.25, 0.3) is 10.9 Å². The van der Waals surface area contributed by atoms with Crippen LogP contribution < -0.4 is 0 Å². The fourth-order valence-electron chi connectivity index (χ4n) is 2.80. The number of rotatable bonds is 2. The number of hydrogen-bond acceptors (Lipinski definition) is 5. The number of aromatic carboxylic acids is 1. The van der Waals surface area contributed by atoms with E-state index in [0.29, 0.717) is 10.9 Å². The van der Waals surface area contributed by atoms with Gasteiger partial charge in [-0.15, -0.1) is 0 Å². The van der Waals surface area contributed by atoms with Crippen LogP contribution in [0.15, 0.2) is 36.5 Å². The molecular formula is C20H20N2O5. The van der Waals surface area contributed by atoms with Crippen molar-refractivity contribution in [1.29, 1.82) is 0 Å². The Morgan fingerprint density at radius 2 is 1.67 bits per heavy atom. The summed E-state index contributed by atoms with van der Waals surface area (Å²) in [7, 11) is 0. The first-order valence-electron chi connectivity index (χ1n) is 8.17. The van der Waals surface area contributed by atoms with Gasteiger partial charge < -0.3 is 10.2 Å². The Labute approximate surface area is 156 Å². The van der Waals surface area contributed by atoms with E-state index in [1.54, 1.807) is 18.2 Å². The molecule has 2 aromatic carbocycles. The molecule has 7 heteroatoms. The molecule has 27 heavy (non-hydrogen) atoms. The van der Waals surface area contributed by atoms with Gasteiger partial charge in [-0.25, -0.2) is 4.79 Å². The van der Waals surface area contributed by atoms with E-state index in [9.17, 15) is 20.0 Å². The standard InChI is InChI=1S/C11H14O2.C9H6N2O3/c1-6-5-7(2)9(4)10(8(6)3)11(12)13;12-9-7(11(13)14)4-3-6-2-1-5-10-8(6)9/h5H,1-4H3,(H,12,13);1-5,12H. The Morgan fingerprint density at radius 3 is 2.19 bits per heavy atom. The first-order chi connectivity index (χ1) is 12.6. The van der Waals surface area contributed by atoms with E-state index in [0.717, 1.165) is 22.3 Å². The van der Waals surface area contributed by atoms with E-state index in [1.165, 1.54) is 12.3 Å². The molecule has 0 amide bonds. The number of carboxylic acid groups (broad SMARTS) is 1. The van der Waals surface area contributed by atoms with Crippen LogP contribution in [-0.4, -0.2) is 26.1 Å². The maximum atomic E-state index is 10.9. The van der Waals surface area contributed by atoms with Crippen LogP contribution in [0, 0.1) is 37.8 Å². The second-order valence-electron chi connectivity index (χ2n) is 6.21. The molecule has 0 fully saturated rings. The Kier molecular flexibility index (Phi) is 5.75. The highest BCUT2D eigenvalue weighted by molar-refractivity contribution is 5.92. The van der Waals surface area contributed by atoms with Gasteiger partial charge in [0.2, 0.25) is 5.75 Å². The molecule has 0 saturated carbocycles. The highest BCUT2D eigenvalue weighted by atomic mass is 16.6. The lowest BCUT2D eigenvalue weighted by molar-refractivity contribution is -0.385. The van der Waals surface area contributed by atoms with Crippen LogP contribution in [-0.2, 0) is 0 Å². The number of carboxylic acids is 1. The average molecular weight is 368 g/mol. The summed E-state index contributed by atoms with van der Waals surface area (Å²) in [6.45, 7) is 7.58. The molecule has 2 N–H and O–H groups in total. The van der Waals surface area contributed by atoms with Crippen molar-refractivity contribution in [3.63, 3.8) is 0 Å². The van der Waals surface area contributed by atoms with Crippen molar-refractivity contribution in [2.45, 2.75) is 27.7 Å². The van der Waals surface area contributed by atoms with Crippen LogP contribution in [0.3, 0.4) is 0 Å². The quantitative estimate of drug-likeness (QED) is 0.510. The zero-order chi connectivity index (χ0) is 20.3. The molecule has 0 radical (unpaired) electrons. The third-order valence-electron chi connectivity index (χ3n) is 4.50. The third-order valence-corrected chi connectivity index (χ3v) is 4.50. The minimum absolute atomic E-state index is 0.252. The molecular weight excluding hydrogens is 348 g/mol. The smallest absolute Gasteiger partial charge is 0.336 e. The molecule has 0 bridgehead atoms. The molecule has 0 saturated heterocycles. The number of nitro groups is 1. The van der Waals surface area contributed by atoms with Gasteiger partial charge in [-0.3, -0.25) is 15.1 Å². The average Bonchev–Trinajstić information content (AvgIpc) is 2.61. The van der Waals surface area contributed by atoms with Crippen molar-refractivity contribution in [2.24, 2.45) is 0 Å². The molecule has 3 aromatic rings. The second-order valence-corrected chi connectivity index (χ2v) is 6.21. The number of aromatic hydroxyl groups is 1. The van der Waals surface area contributed by atoms with Gasteiger partial charge in [0.05, 0.1) is 10.5 Å². The van der Waals surface area contributed by atoms with E-state index in [4.69, 9.17) is 5.11 Å². The zero-order valence-corrected chi connectivity index (χ0v) is 15.5. The normalized spacial score (nSPS) is 10.2. The summed E-state index contributed by atoms with van der Waals surface area (Å²) in [4.78, 5) is 24.7. The molecule has 0 spiro atoms. The lowest BCUT2D eigenvalue weighted by Crippen LogP contribution is -2.06. The number of aryl methyl sites for hydroxylation is 2. The monoisotopic (exact) mass is 368 g/mol. The van der Waals surface area contributed by atoms with E-state index < -0.39 is 10.9 Å². The maximum absolute atomic E-state index is 10.9. The third kappa shape index (κ3) is 4.03. The molecule has 7 nitrogen and oxygen atoms in total. The fourth-order valence-corrected chi connectivity index (χ4v) is 2.80. The number of aromatic nitrogens is 1. The fraction of sp³-hybridized carbons (Fsp3) is 0.200. The molecule has 0 aliphatic heterocycles. The number of nitro benzene ring substituents is 1. The molecule has 0 unspecified atom stereocenters. The van der Waals surface area contributed by atoms with Crippen LogP contribution in [0.5, 0.6) is 5.75 Å². The van der Waals surface area contributed by atoms with Crippen LogP contribution >= 0.6 is 0 Å². The van der Waals surface area contributed by atoms with E-state index in [-0.39, 0.29) is 17.0 Å². The SMILES string of the molecule is Cc1cc(C)c(C)c(C(=O)O)c1C.O=[N+]([O-])c1ccc2cccnc2c1O. The van der Waals surface area contributed by atoms with Gasteiger partial charge in [0, 0.05) is 17.6 Å². The van der Waals surface area contributed by atoms with Crippen molar-refractivity contribution in [1.82, 2.24) is 4.98 Å². The predicted octanol–water partition coefficient (Wildman–Crippen LogP) is 4.47. The number of benzene rings is 2. The van der Waals surface area contributed by atoms with Gasteiger partial charge >= 0.3 is 11.7 Å².